The Morgan fingerprint density at radius 2 is 1.78 bits per heavy atom. The highest BCUT2D eigenvalue weighted by Crippen LogP contribution is 2.46. The number of ether oxygens (including phenoxy) is 1. The predicted molar refractivity (Wildman–Crippen MR) is 127 cm³/mol. The molecule has 4 rings (SSSR count). The van der Waals surface area contributed by atoms with Crippen molar-refractivity contribution in [3.63, 3.8) is 0 Å². The van der Waals surface area contributed by atoms with E-state index in [1.807, 2.05) is 0 Å². The normalized spacial score (nSPS) is 18.8. The van der Waals surface area contributed by atoms with Crippen LogP contribution in [0.25, 0.3) is 0 Å². The van der Waals surface area contributed by atoms with Crippen LogP contribution >= 0.6 is 0 Å². The fourth-order valence-electron chi connectivity index (χ4n) is 4.61. The van der Waals surface area contributed by atoms with Crippen LogP contribution in [0.3, 0.4) is 0 Å². The molecule has 2 heterocycles. The molecule has 3 aromatic rings. The molecule has 0 radical (unpaired) electrons. The first-order chi connectivity index (χ1) is 17.1. The van der Waals surface area contributed by atoms with Crippen LogP contribution in [0.2, 0.25) is 0 Å². The number of fused-ring (bicyclic) bond motifs is 1. The second-order valence-electron chi connectivity index (χ2n) is 8.68. The summed E-state index contributed by atoms with van der Waals surface area (Å²) < 4.78 is 51.5. The topological polar surface area (TPSA) is 103 Å². The lowest BCUT2D eigenvalue weighted by molar-refractivity contribution is -0.220. The van der Waals surface area contributed by atoms with Gasteiger partial charge in [0.05, 0.1) is 24.3 Å². The number of benzene rings is 2. The molecule has 0 bridgehead atoms. The van der Waals surface area contributed by atoms with Crippen molar-refractivity contribution >= 4 is 5.91 Å². The first-order valence-electron chi connectivity index (χ1n) is 11.4. The van der Waals surface area contributed by atoms with Gasteiger partial charge in [-0.15, -0.1) is 0 Å². The summed E-state index contributed by atoms with van der Waals surface area (Å²) >= 11 is 0. The van der Waals surface area contributed by atoms with Crippen LogP contribution < -0.4 is 20.9 Å². The minimum absolute atomic E-state index is 0.0548. The highest BCUT2D eigenvalue weighted by atomic mass is 19.4. The average Bonchev–Trinajstić information content (AvgIpc) is 2.86. The Kier molecular flexibility index (Phi) is 7.18. The molecule has 36 heavy (non-hydrogen) atoms. The van der Waals surface area contributed by atoms with Crippen molar-refractivity contribution in [2.45, 2.75) is 43.2 Å². The summed E-state index contributed by atoms with van der Waals surface area (Å²) in [5.41, 5.74) is -3.03. The first kappa shape index (κ1) is 25.5. The Labute approximate surface area is 205 Å². The Bertz CT molecular complexity index is 1240. The maximum atomic E-state index is 15.3. The minimum atomic E-state index is -4.96. The lowest BCUT2D eigenvalue weighted by atomic mass is 9.77. The number of pyridine rings is 1. The van der Waals surface area contributed by atoms with Crippen LogP contribution in [0.1, 0.15) is 40.9 Å². The molecule has 1 aromatic heterocycles. The molecule has 0 fully saturated rings. The van der Waals surface area contributed by atoms with Gasteiger partial charge in [0.2, 0.25) is 5.56 Å². The van der Waals surface area contributed by atoms with Crippen LogP contribution in [-0.2, 0) is 5.54 Å². The molecule has 1 aliphatic rings. The number of hydrogen-bond acceptors (Lipinski definition) is 5. The third-order valence-electron chi connectivity index (χ3n) is 6.32. The van der Waals surface area contributed by atoms with Gasteiger partial charge < -0.3 is 20.1 Å². The number of aliphatic hydroxyl groups excluding tert-OH is 1. The Balaban J connectivity index is 1.85. The van der Waals surface area contributed by atoms with Crippen molar-refractivity contribution < 1.29 is 27.8 Å². The number of para-hydroxylation sites is 1. The molecule has 4 unspecified atom stereocenters. The zero-order valence-electron chi connectivity index (χ0n) is 19.4. The maximum Gasteiger partial charge on any atom is 0.412 e. The van der Waals surface area contributed by atoms with Crippen molar-refractivity contribution in [2.24, 2.45) is 0 Å². The molecule has 0 spiro atoms. The fourth-order valence-corrected chi connectivity index (χ4v) is 4.61. The Morgan fingerprint density at radius 1 is 1.08 bits per heavy atom. The van der Waals surface area contributed by atoms with Gasteiger partial charge in [0.25, 0.3) is 5.91 Å². The second kappa shape index (κ2) is 10.2. The smallest absolute Gasteiger partial charge is 0.412 e. The third-order valence-corrected chi connectivity index (χ3v) is 6.32. The second-order valence-corrected chi connectivity index (χ2v) is 8.68. The summed E-state index contributed by atoms with van der Waals surface area (Å²) in [4.78, 5) is 26.7. The number of alkyl halides is 3. The lowest BCUT2D eigenvalue weighted by Gasteiger charge is -2.47. The van der Waals surface area contributed by atoms with E-state index >= 15 is 13.2 Å². The van der Waals surface area contributed by atoms with Gasteiger partial charge in [0, 0.05) is 30.3 Å². The maximum absolute atomic E-state index is 15.3. The van der Waals surface area contributed by atoms with Gasteiger partial charge in [-0.3, -0.25) is 14.9 Å². The van der Waals surface area contributed by atoms with E-state index in [-0.39, 0.29) is 24.2 Å². The molecule has 0 aliphatic carbocycles. The molecule has 190 valence electrons. The average molecular weight is 502 g/mol. The van der Waals surface area contributed by atoms with Crippen LogP contribution in [0.5, 0.6) is 5.75 Å². The molecule has 0 saturated carbocycles. The zero-order chi connectivity index (χ0) is 25.9. The zero-order valence-corrected chi connectivity index (χ0v) is 19.4. The van der Waals surface area contributed by atoms with Crippen molar-refractivity contribution in [2.75, 3.05) is 6.61 Å². The molecular formula is C26H26F3N3O4. The summed E-state index contributed by atoms with van der Waals surface area (Å²) in [5.74, 6) is -0.410. The number of carbonyl (C=O) groups excluding carboxylic acids is 1. The van der Waals surface area contributed by atoms with E-state index < -0.39 is 41.4 Å². The van der Waals surface area contributed by atoms with Gasteiger partial charge in [-0.2, -0.15) is 13.2 Å². The van der Waals surface area contributed by atoms with E-state index in [4.69, 9.17) is 4.74 Å². The quantitative estimate of drug-likeness (QED) is 0.397. The van der Waals surface area contributed by atoms with E-state index in [9.17, 15) is 14.7 Å². The van der Waals surface area contributed by atoms with E-state index in [1.54, 1.807) is 30.3 Å². The van der Waals surface area contributed by atoms with Crippen molar-refractivity contribution in [3.8, 4) is 5.75 Å². The number of aliphatic hydroxyl groups is 1. The van der Waals surface area contributed by atoms with E-state index in [2.05, 4.69) is 15.6 Å². The van der Waals surface area contributed by atoms with Crippen molar-refractivity contribution in [3.05, 3.63) is 100.0 Å². The van der Waals surface area contributed by atoms with Gasteiger partial charge >= 0.3 is 6.18 Å². The number of hydrogen-bond donors (Lipinski definition) is 4. The number of aromatic nitrogens is 1. The summed E-state index contributed by atoms with van der Waals surface area (Å²) in [6.07, 6.45) is -5.23. The third kappa shape index (κ3) is 4.87. The summed E-state index contributed by atoms with van der Waals surface area (Å²) in [7, 11) is 0. The number of nitrogens with one attached hydrogen (secondary N) is 3. The minimum Gasteiger partial charge on any atom is -0.493 e. The van der Waals surface area contributed by atoms with Crippen LogP contribution in [0.15, 0.2) is 77.7 Å². The summed E-state index contributed by atoms with van der Waals surface area (Å²) in [5, 5.41) is 15.9. The summed E-state index contributed by atoms with van der Waals surface area (Å²) in [6.45, 7) is 1.39. The molecular weight excluding hydrogens is 475 g/mol. The molecule has 10 heteroatoms. The van der Waals surface area contributed by atoms with Crippen molar-refractivity contribution in [1.29, 1.82) is 0 Å². The monoisotopic (exact) mass is 501 g/mol. The molecule has 2 aromatic carbocycles. The Hall–Kier alpha value is -3.63. The van der Waals surface area contributed by atoms with Crippen molar-refractivity contribution in [1.82, 2.24) is 15.6 Å². The van der Waals surface area contributed by atoms with Gasteiger partial charge in [0.1, 0.15) is 5.75 Å². The number of amides is 1. The lowest BCUT2D eigenvalue weighted by Crippen LogP contribution is -2.69. The van der Waals surface area contributed by atoms with E-state index in [0.717, 1.165) is 12.3 Å². The van der Waals surface area contributed by atoms with Crippen LogP contribution in [0.4, 0.5) is 13.2 Å². The molecule has 1 amide bonds. The predicted octanol–water partition coefficient (Wildman–Crippen LogP) is 3.43. The number of carbonyl (C=O) groups is 1. The van der Waals surface area contributed by atoms with Crippen LogP contribution in [0, 0.1) is 0 Å². The molecule has 1 aliphatic heterocycles. The molecule has 7 nitrogen and oxygen atoms in total. The van der Waals surface area contributed by atoms with E-state index in [0.29, 0.717) is 11.3 Å². The number of aromatic amines is 1. The standard InChI is InChI=1S/C26H26F3N3O4/c1-16(33)23(31-24(35)17-11-12-22(34)30-15-17)25(26(27,28)29,18-7-3-2-4-8-18)32-20-13-14-36-21-10-6-5-9-19(20)21/h2-12,15-16,20,23,32-33H,13-14H2,1H3,(H,30,34)(H,31,35). The highest BCUT2D eigenvalue weighted by Gasteiger charge is 2.63. The largest absolute Gasteiger partial charge is 0.493 e. The Morgan fingerprint density at radius 3 is 2.42 bits per heavy atom. The molecule has 0 saturated heterocycles. The summed E-state index contributed by atoms with van der Waals surface area (Å²) in [6, 6.07) is 13.6. The first-order valence-corrected chi connectivity index (χ1v) is 11.4. The number of rotatable bonds is 7. The highest BCUT2D eigenvalue weighted by molar-refractivity contribution is 5.94. The van der Waals surface area contributed by atoms with Crippen LogP contribution in [-0.4, -0.2) is 40.9 Å². The fraction of sp³-hybridized carbons (Fsp3) is 0.308. The number of halogens is 3. The number of H-pyrrole nitrogens is 1. The van der Waals surface area contributed by atoms with Gasteiger partial charge in [0.15, 0.2) is 5.54 Å². The van der Waals surface area contributed by atoms with Gasteiger partial charge in [-0.1, -0.05) is 48.5 Å². The molecule has 4 atom stereocenters. The van der Waals surface area contributed by atoms with Gasteiger partial charge in [-0.25, -0.2) is 0 Å². The van der Waals surface area contributed by atoms with Gasteiger partial charge in [-0.05, 0) is 24.6 Å². The molecule has 4 N–H and O–H groups in total. The SMILES string of the molecule is CC(O)C(NC(=O)c1ccc(=O)[nH]c1)C(NC1CCOc2ccccc21)(c1ccccc1)C(F)(F)F. The van der Waals surface area contributed by atoms with E-state index in [1.165, 1.54) is 37.3 Å².